The SMILES string of the molecule is COc1cc(OC)cc(C(=O)NCCn2cncc(C)c2=O)c1. The first kappa shape index (κ1) is 16.5. The summed E-state index contributed by atoms with van der Waals surface area (Å²) in [7, 11) is 3.04. The summed E-state index contributed by atoms with van der Waals surface area (Å²) < 4.78 is 11.7. The molecule has 0 saturated heterocycles. The third-order valence-corrected chi connectivity index (χ3v) is 3.32. The van der Waals surface area contributed by atoms with Gasteiger partial charge in [0.05, 0.1) is 20.5 Å². The number of aryl methyl sites for hydroxylation is 1. The van der Waals surface area contributed by atoms with Crippen molar-refractivity contribution in [2.45, 2.75) is 13.5 Å². The second-order valence-corrected chi connectivity index (χ2v) is 4.93. The Balaban J connectivity index is 2.02. The fraction of sp³-hybridized carbons (Fsp3) is 0.312. The predicted molar refractivity (Wildman–Crippen MR) is 85.1 cm³/mol. The molecule has 122 valence electrons. The summed E-state index contributed by atoms with van der Waals surface area (Å²) in [6.45, 7) is 2.36. The lowest BCUT2D eigenvalue weighted by atomic mass is 10.2. The van der Waals surface area contributed by atoms with E-state index in [1.54, 1.807) is 25.1 Å². The maximum absolute atomic E-state index is 12.2. The van der Waals surface area contributed by atoms with E-state index < -0.39 is 0 Å². The van der Waals surface area contributed by atoms with Crippen molar-refractivity contribution in [1.29, 1.82) is 0 Å². The highest BCUT2D eigenvalue weighted by Gasteiger charge is 2.09. The summed E-state index contributed by atoms with van der Waals surface area (Å²) in [6, 6.07) is 4.94. The van der Waals surface area contributed by atoms with E-state index in [1.165, 1.54) is 31.3 Å². The van der Waals surface area contributed by atoms with E-state index in [0.29, 0.717) is 35.7 Å². The monoisotopic (exact) mass is 317 g/mol. The van der Waals surface area contributed by atoms with Gasteiger partial charge in [-0.1, -0.05) is 0 Å². The molecule has 2 rings (SSSR count). The lowest BCUT2D eigenvalue weighted by Gasteiger charge is -2.10. The van der Waals surface area contributed by atoms with Crippen molar-refractivity contribution in [3.8, 4) is 11.5 Å². The van der Waals surface area contributed by atoms with Crippen molar-refractivity contribution < 1.29 is 14.3 Å². The Hall–Kier alpha value is -2.83. The van der Waals surface area contributed by atoms with Crippen LogP contribution in [0.15, 0.2) is 35.5 Å². The summed E-state index contributed by atoms with van der Waals surface area (Å²) in [4.78, 5) is 28.0. The average molecular weight is 317 g/mol. The molecule has 0 aliphatic heterocycles. The van der Waals surface area contributed by atoms with Crippen LogP contribution in [-0.4, -0.2) is 36.2 Å². The van der Waals surface area contributed by atoms with Gasteiger partial charge in [-0.2, -0.15) is 0 Å². The van der Waals surface area contributed by atoms with Crippen LogP contribution >= 0.6 is 0 Å². The number of amides is 1. The average Bonchev–Trinajstić information content (AvgIpc) is 2.57. The van der Waals surface area contributed by atoms with E-state index in [9.17, 15) is 9.59 Å². The second-order valence-electron chi connectivity index (χ2n) is 4.93. The fourth-order valence-corrected chi connectivity index (χ4v) is 2.05. The number of nitrogens with zero attached hydrogens (tertiary/aromatic N) is 2. The van der Waals surface area contributed by atoms with Crippen molar-refractivity contribution in [2.24, 2.45) is 0 Å². The van der Waals surface area contributed by atoms with Crippen LogP contribution in [0.25, 0.3) is 0 Å². The Morgan fingerprint density at radius 1 is 1.22 bits per heavy atom. The number of hydrogen-bond acceptors (Lipinski definition) is 5. The number of benzene rings is 1. The quantitative estimate of drug-likeness (QED) is 0.859. The highest BCUT2D eigenvalue weighted by atomic mass is 16.5. The van der Waals surface area contributed by atoms with Crippen LogP contribution in [0.3, 0.4) is 0 Å². The Morgan fingerprint density at radius 3 is 2.48 bits per heavy atom. The molecule has 0 atom stereocenters. The van der Waals surface area contributed by atoms with Crippen molar-refractivity contribution in [3.63, 3.8) is 0 Å². The molecule has 0 aliphatic carbocycles. The molecule has 7 heteroatoms. The van der Waals surface area contributed by atoms with Gasteiger partial charge in [-0.25, -0.2) is 4.98 Å². The van der Waals surface area contributed by atoms with Crippen LogP contribution in [-0.2, 0) is 6.54 Å². The number of carbonyl (C=O) groups excluding carboxylic acids is 1. The number of nitrogens with one attached hydrogen (secondary N) is 1. The van der Waals surface area contributed by atoms with Crippen molar-refractivity contribution in [3.05, 3.63) is 52.2 Å². The molecule has 0 unspecified atom stereocenters. The zero-order valence-electron chi connectivity index (χ0n) is 13.3. The van der Waals surface area contributed by atoms with Gasteiger partial charge < -0.3 is 14.8 Å². The number of aromatic nitrogens is 2. The third-order valence-electron chi connectivity index (χ3n) is 3.32. The molecule has 0 spiro atoms. The van der Waals surface area contributed by atoms with Gasteiger partial charge in [-0.05, 0) is 19.1 Å². The first-order chi connectivity index (χ1) is 11.0. The van der Waals surface area contributed by atoms with Crippen LogP contribution in [0.2, 0.25) is 0 Å². The van der Waals surface area contributed by atoms with Gasteiger partial charge in [0.25, 0.3) is 11.5 Å². The Morgan fingerprint density at radius 2 is 1.87 bits per heavy atom. The predicted octanol–water partition coefficient (Wildman–Crippen LogP) is 0.999. The highest BCUT2D eigenvalue weighted by molar-refractivity contribution is 5.95. The minimum atomic E-state index is -0.268. The summed E-state index contributed by atoms with van der Waals surface area (Å²) in [6.07, 6.45) is 2.97. The Bertz CT molecular complexity index is 733. The summed E-state index contributed by atoms with van der Waals surface area (Å²) in [5, 5.41) is 2.76. The lowest BCUT2D eigenvalue weighted by molar-refractivity contribution is 0.0951. The lowest BCUT2D eigenvalue weighted by Crippen LogP contribution is -2.31. The molecule has 0 radical (unpaired) electrons. The molecular weight excluding hydrogens is 298 g/mol. The van der Waals surface area contributed by atoms with Gasteiger partial charge in [-0.15, -0.1) is 0 Å². The van der Waals surface area contributed by atoms with Crippen molar-refractivity contribution in [2.75, 3.05) is 20.8 Å². The summed E-state index contributed by atoms with van der Waals surface area (Å²) in [5.74, 6) is 0.804. The number of hydrogen-bond donors (Lipinski definition) is 1. The highest BCUT2D eigenvalue weighted by Crippen LogP contribution is 2.22. The number of ether oxygens (including phenoxy) is 2. The molecular formula is C16H19N3O4. The third kappa shape index (κ3) is 4.09. The molecule has 7 nitrogen and oxygen atoms in total. The first-order valence-corrected chi connectivity index (χ1v) is 7.07. The minimum absolute atomic E-state index is 0.114. The molecule has 0 saturated carbocycles. The topological polar surface area (TPSA) is 82.4 Å². The smallest absolute Gasteiger partial charge is 0.256 e. The van der Waals surface area contributed by atoms with Crippen LogP contribution in [0, 0.1) is 6.92 Å². The van der Waals surface area contributed by atoms with Gasteiger partial charge in [-0.3, -0.25) is 14.2 Å². The normalized spacial score (nSPS) is 10.2. The fourth-order valence-electron chi connectivity index (χ4n) is 2.05. The maximum Gasteiger partial charge on any atom is 0.256 e. The van der Waals surface area contributed by atoms with Crippen LogP contribution < -0.4 is 20.3 Å². The molecule has 0 bridgehead atoms. The molecule has 1 aromatic heterocycles. The van der Waals surface area contributed by atoms with E-state index in [2.05, 4.69) is 10.3 Å². The molecule has 1 heterocycles. The maximum atomic E-state index is 12.2. The van der Waals surface area contributed by atoms with Crippen LogP contribution in [0.1, 0.15) is 15.9 Å². The van der Waals surface area contributed by atoms with Gasteiger partial charge in [0.1, 0.15) is 11.5 Å². The van der Waals surface area contributed by atoms with Gasteiger partial charge in [0.2, 0.25) is 0 Å². The summed E-state index contributed by atoms with van der Waals surface area (Å²) in [5.41, 5.74) is 0.879. The molecule has 1 amide bonds. The van der Waals surface area contributed by atoms with Crippen LogP contribution in [0.5, 0.6) is 11.5 Å². The van der Waals surface area contributed by atoms with E-state index in [4.69, 9.17) is 9.47 Å². The zero-order chi connectivity index (χ0) is 16.8. The molecule has 0 fully saturated rings. The largest absolute Gasteiger partial charge is 0.497 e. The molecule has 2 aromatic rings. The van der Waals surface area contributed by atoms with Crippen molar-refractivity contribution >= 4 is 5.91 Å². The number of rotatable bonds is 6. The van der Waals surface area contributed by atoms with Gasteiger partial charge in [0.15, 0.2) is 0 Å². The zero-order valence-corrected chi connectivity index (χ0v) is 13.3. The van der Waals surface area contributed by atoms with E-state index in [0.717, 1.165) is 0 Å². The minimum Gasteiger partial charge on any atom is -0.497 e. The first-order valence-electron chi connectivity index (χ1n) is 7.07. The van der Waals surface area contributed by atoms with Gasteiger partial charge >= 0.3 is 0 Å². The molecule has 0 aliphatic rings. The number of methoxy groups -OCH3 is 2. The van der Waals surface area contributed by atoms with Crippen molar-refractivity contribution in [1.82, 2.24) is 14.9 Å². The van der Waals surface area contributed by atoms with E-state index in [-0.39, 0.29) is 11.5 Å². The Labute approximate surface area is 133 Å². The summed E-state index contributed by atoms with van der Waals surface area (Å²) >= 11 is 0. The second kappa shape index (κ2) is 7.44. The van der Waals surface area contributed by atoms with Crippen LogP contribution in [0.4, 0.5) is 0 Å². The number of carbonyl (C=O) groups is 1. The van der Waals surface area contributed by atoms with E-state index >= 15 is 0 Å². The standard InChI is InChI=1S/C16H19N3O4/c1-11-9-17-10-19(16(11)21)5-4-18-15(20)12-6-13(22-2)8-14(7-12)23-3/h6-10H,4-5H2,1-3H3,(H,18,20). The van der Waals surface area contributed by atoms with Gasteiger partial charge in [0, 0.05) is 36.5 Å². The molecule has 1 aromatic carbocycles. The Kier molecular flexibility index (Phi) is 5.35. The van der Waals surface area contributed by atoms with E-state index in [1.807, 2.05) is 0 Å². The molecule has 1 N–H and O–H groups in total. The molecule has 23 heavy (non-hydrogen) atoms.